The van der Waals surface area contributed by atoms with Gasteiger partial charge in [-0.05, 0) is 12.1 Å². The van der Waals surface area contributed by atoms with Crippen LogP contribution in [0.2, 0.25) is 0 Å². The molecule has 7 heteroatoms. The second-order valence-corrected chi connectivity index (χ2v) is 4.54. The number of hydrogen-bond donors (Lipinski definition) is 2. The molecule has 4 nitrogen and oxygen atoms in total. The van der Waals surface area contributed by atoms with E-state index in [0.717, 1.165) is 0 Å². The van der Waals surface area contributed by atoms with Gasteiger partial charge in [-0.15, -0.1) is 0 Å². The van der Waals surface area contributed by atoms with Crippen LogP contribution in [-0.4, -0.2) is 37.5 Å². The zero-order chi connectivity index (χ0) is 13.8. The van der Waals surface area contributed by atoms with E-state index in [9.17, 15) is 8.78 Å². The highest BCUT2D eigenvalue weighted by Crippen LogP contribution is 2.21. The summed E-state index contributed by atoms with van der Waals surface area (Å²) in [4.78, 5) is -0.174. The van der Waals surface area contributed by atoms with Crippen LogP contribution in [0, 0.1) is 11.6 Å². The maximum atomic E-state index is 13.8. The lowest BCUT2D eigenvalue weighted by atomic mass is 10.1. The van der Waals surface area contributed by atoms with Crippen LogP contribution >= 0.6 is 12.2 Å². The van der Waals surface area contributed by atoms with Crippen LogP contribution in [-0.2, 0) is 9.47 Å². The molecule has 1 heterocycles. The molecule has 1 aliphatic heterocycles. The summed E-state index contributed by atoms with van der Waals surface area (Å²) in [5, 5.41) is 2.79. The molecule has 0 spiro atoms. The Morgan fingerprint density at radius 1 is 1.37 bits per heavy atom. The van der Waals surface area contributed by atoms with Crippen molar-refractivity contribution in [2.24, 2.45) is 5.73 Å². The van der Waals surface area contributed by atoms with E-state index >= 15 is 0 Å². The third-order valence-corrected chi connectivity index (χ3v) is 2.97. The van der Waals surface area contributed by atoms with Crippen LogP contribution in [0.15, 0.2) is 12.1 Å². The van der Waals surface area contributed by atoms with Crippen LogP contribution in [0.1, 0.15) is 5.56 Å². The number of ether oxygens (including phenoxy) is 2. The Hall–Kier alpha value is -1.31. The number of thiocarbonyl (C=S) groups is 1. The van der Waals surface area contributed by atoms with E-state index < -0.39 is 11.6 Å². The van der Waals surface area contributed by atoms with E-state index in [1.807, 2.05) is 0 Å². The number of rotatable bonds is 4. The van der Waals surface area contributed by atoms with Crippen LogP contribution in [0.5, 0.6) is 0 Å². The highest BCUT2D eigenvalue weighted by molar-refractivity contribution is 7.80. The Labute approximate surface area is 114 Å². The molecule has 1 aliphatic rings. The number of benzene rings is 1. The van der Waals surface area contributed by atoms with Gasteiger partial charge in [-0.1, -0.05) is 12.2 Å². The molecule has 19 heavy (non-hydrogen) atoms. The van der Waals surface area contributed by atoms with Crippen molar-refractivity contribution < 1.29 is 18.3 Å². The average Bonchev–Trinajstić information content (AvgIpc) is 2.41. The molecule has 1 aromatic carbocycles. The lowest BCUT2D eigenvalue weighted by Gasteiger charge is -2.23. The molecule has 0 aromatic heterocycles. The first-order chi connectivity index (χ1) is 9.09. The summed E-state index contributed by atoms with van der Waals surface area (Å²) < 4.78 is 38.0. The molecular formula is C12H14F2N2O2S. The lowest BCUT2D eigenvalue weighted by Crippen LogP contribution is -2.34. The van der Waals surface area contributed by atoms with Gasteiger partial charge >= 0.3 is 0 Å². The summed E-state index contributed by atoms with van der Waals surface area (Å²) in [5.74, 6) is -2.04. The molecule has 1 unspecified atom stereocenters. The van der Waals surface area contributed by atoms with Gasteiger partial charge in [0.2, 0.25) is 0 Å². The third-order valence-electron chi connectivity index (χ3n) is 2.75. The number of hydrogen-bond acceptors (Lipinski definition) is 4. The Morgan fingerprint density at radius 3 is 2.79 bits per heavy atom. The fourth-order valence-electron chi connectivity index (χ4n) is 1.75. The molecule has 0 saturated carbocycles. The number of nitrogens with one attached hydrogen (secondary N) is 1. The topological polar surface area (TPSA) is 56.5 Å². The molecule has 0 bridgehead atoms. The van der Waals surface area contributed by atoms with Crippen LogP contribution in [0.25, 0.3) is 0 Å². The predicted molar refractivity (Wildman–Crippen MR) is 71.3 cm³/mol. The van der Waals surface area contributed by atoms with E-state index in [1.54, 1.807) is 0 Å². The quantitative estimate of drug-likeness (QED) is 0.821. The molecule has 2 rings (SSSR count). The Kier molecular flexibility index (Phi) is 4.62. The first-order valence-corrected chi connectivity index (χ1v) is 6.21. The Balaban J connectivity index is 2.04. The van der Waals surface area contributed by atoms with Crippen molar-refractivity contribution in [1.29, 1.82) is 0 Å². The van der Waals surface area contributed by atoms with Gasteiger partial charge < -0.3 is 20.5 Å². The Morgan fingerprint density at radius 2 is 2.16 bits per heavy atom. The molecule has 0 radical (unpaired) electrons. The molecule has 0 aliphatic carbocycles. The molecule has 1 saturated heterocycles. The fraction of sp³-hybridized carbons (Fsp3) is 0.417. The van der Waals surface area contributed by atoms with Gasteiger partial charge in [0.15, 0.2) is 11.6 Å². The SMILES string of the molecule is NC(=S)c1ccc(NCC2COCCO2)c(F)c1F. The van der Waals surface area contributed by atoms with Crippen molar-refractivity contribution in [2.45, 2.75) is 6.10 Å². The summed E-state index contributed by atoms with van der Waals surface area (Å²) in [5.41, 5.74) is 5.24. The molecule has 1 aromatic rings. The van der Waals surface area contributed by atoms with E-state index in [4.69, 9.17) is 15.2 Å². The van der Waals surface area contributed by atoms with Crippen molar-refractivity contribution in [3.05, 3.63) is 29.3 Å². The van der Waals surface area contributed by atoms with Gasteiger partial charge in [-0.2, -0.15) is 0 Å². The number of nitrogens with two attached hydrogens (primary N) is 1. The van der Waals surface area contributed by atoms with Crippen LogP contribution < -0.4 is 11.1 Å². The molecule has 1 atom stereocenters. The lowest BCUT2D eigenvalue weighted by molar-refractivity contribution is -0.0819. The largest absolute Gasteiger partial charge is 0.389 e. The van der Waals surface area contributed by atoms with E-state index in [1.165, 1.54) is 12.1 Å². The van der Waals surface area contributed by atoms with Crippen molar-refractivity contribution in [1.82, 2.24) is 0 Å². The Bertz CT molecular complexity index is 479. The number of halogens is 2. The maximum Gasteiger partial charge on any atom is 0.182 e. The van der Waals surface area contributed by atoms with Gasteiger partial charge in [0.1, 0.15) is 4.99 Å². The zero-order valence-corrected chi connectivity index (χ0v) is 10.9. The van der Waals surface area contributed by atoms with Gasteiger partial charge in [0.05, 0.1) is 31.6 Å². The maximum absolute atomic E-state index is 13.8. The summed E-state index contributed by atoms with van der Waals surface area (Å²) in [7, 11) is 0. The minimum absolute atomic E-state index is 0.0478. The van der Waals surface area contributed by atoms with Crippen molar-refractivity contribution in [3.8, 4) is 0 Å². The highest BCUT2D eigenvalue weighted by Gasteiger charge is 2.17. The average molecular weight is 288 g/mol. The van der Waals surface area contributed by atoms with E-state index in [2.05, 4.69) is 17.5 Å². The first-order valence-electron chi connectivity index (χ1n) is 5.80. The predicted octanol–water partition coefficient (Wildman–Crippen LogP) is 1.43. The van der Waals surface area contributed by atoms with Crippen LogP contribution in [0.3, 0.4) is 0 Å². The van der Waals surface area contributed by atoms with Crippen molar-refractivity contribution >= 4 is 22.9 Å². The molecule has 1 fully saturated rings. The highest BCUT2D eigenvalue weighted by atomic mass is 32.1. The summed E-state index contributed by atoms with van der Waals surface area (Å²) >= 11 is 4.63. The monoisotopic (exact) mass is 288 g/mol. The molecule has 104 valence electrons. The second kappa shape index (κ2) is 6.23. The van der Waals surface area contributed by atoms with Crippen molar-refractivity contribution in [2.75, 3.05) is 31.7 Å². The molecule has 0 amide bonds. The minimum atomic E-state index is -1.04. The summed E-state index contributed by atoms with van der Waals surface area (Å²) in [6.45, 7) is 1.83. The van der Waals surface area contributed by atoms with Gasteiger partial charge in [-0.3, -0.25) is 0 Å². The summed E-state index contributed by atoms with van der Waals surface area (Å²) in [6.07, 6.45) is -0.175. The summed E-state index contributed by atoms with van der Waals surface area (Å²) in [6, 6.07) is 2.75. The minimum Gasteiger partial charge on any atom is -0.389 e. The smallest absolute Gasteiger partial charge is 0.182 e. The standard InChI is InChI=1S/C12H14F2N2O2S/c13-10-8(12(15)19)1-2-9(11(10)14)16-5-7-6-17-3-4-18-7/h1-2,7,16H,3-6H2,(H2,15,19). The second-order valence-electron chi connectivity index (χ2n) is 4.10. The van der Waals surface area contributed by atoms with Crippen LogP contribution in [0.4, 0.5) is 14.5 Å². The third kappa shape index (κ3) is 3.37. The van der Waals surface area contributed by atoms with Gasteiger partial charge in [0.25, 0.3) is 0 Å². The van der Waals surface area contributed by atoms with E-state index in [0.29, 0.717) is 26.4 Å². The molecule has 3 N–H and O–H groups in total. The number of anilines is 1. The van der Waals surface area contributed by atoms with Gasteiger partial charge in [0, 0.05) is 12.1 Å². The fourth-order valence-corrected chi connectivity index (χ4v) is 1.91. The first kappa shape index (κ1) is 14.1. The zero-order valence-electron chi connectivity index (χ0n) is 10.1. The van der Waals surface area contributed by atoms with E-state index in [-0.39, 0.29) is 22.3 Å². The van der Waals surface area contributed by atoms with Gasteiger partial charge in [-0.25, -0.2) is 8.78 Å². The normalized spacial score (nSPS) is 19.2. The molecular weight excluding hydrogens is 274 g/mol. The van der Waals surface area contributed by atoms with Crippen molar-refractivity contribution in [3.63, 3.8) is 0 Å².